The standard InChI is InChI=1S/C16H18O3/c1-11-6-8-14(16(18-3)12(11)2)15(17)9-7-13-5-4-10-19-13/h4-6,8,10H,7,9H2,1-3H3. The van der Waals surface area contributed by atoms with Crippen molar-refractivity contribution in [2.45, 2.75) is 26.7 Å². The molecule has 0 saturated heterocycles. The van der Waals surface area contributed by atoms with Crippen LogP contribution in [0.15, 0.2) is 34.9 Å². The van der Waals surface area contributed by atoms with Gasteiger partial charge in [-0.25, -0.2) is 0 Å². The molecule has 0 radical (unpaired) electrons. The number of hydrogen-bond donors (Lipinski definition) is 0. The molecule has 2 rings (SSSR count). The van der Waals surface area contributed by atoms with Gasteiger partial charge >= 0.3 is 0 Å². The number of rotatable bonds is 5. The fourth-order valence-electron chi connectivity index (χ4n) is 2.10. The summed E-state index contributed by atoms with van der Waals surface area (Å²) in [5.41, 5.74) is 2.79. The van der Waals surface area contributed by atoms with Gasteiger partial charge in [-0.15, -0.1) is 0 Å². The van der Waals surface area contributed by atoms with E-state index in [0.717, 1.165) is 16.9 Å². The fourth-order valence-corrected chi connectivity index (χ4v) is 2.10. The zero-order chi connectivity index (χ0) is 13.8. The average Bonchev–Trinajstić information content (AvgIpc) is 2.92. The number of furan rings is 1. The van der Waals surface area contributed by atoms with Gasteiger partial charge in [-0.05, 0) is 43.2 Å². The second-order valence-corrected chi connectivity index (χ2v) is 4.59. The van der Waals surface area contributed by atoms with Crippen LogP contribution in [0.4, 0.5) is 0 Å². The largest absolute Gasteiger partial charge is 0.496 e. The van der Waals surface area contributed by atoms with Crippen molar-refractivity contribution < 1.29 is 13.9 Å². The number of benzene rings is 1. The molecule has 0 bridgehead atoms. The number of methoxy groups -OCH3 is 1. The van der Waals surface area contributed by atoms with Crippen molar-refractivity contribution in [3.05, 3.63) is 53.0 Å². The van der Waals surface area contributed by atoms with E-state index in [-0.39, 0.29) is 5.78 Å². The normalized spacial score (nSPS) is 10.5. The number of carbonyl (C=O) groups excluding carboxylic acids is 1. The molecule has 19 heavy (non-hydrogen) atoms. The summed E-state index contributed by atoms with van der Waals surface area (Å²) in [6.07, 6.45) is 2.66. The van der Waals surface area contributed by atoms with Crippen LogP contribution in [0.25, 0.3) is 0 Å². The molecule has 0 spiro atoms. The Bertz CT molecular complexity index is 568. The molecular weight excluding hydrogens is 240 g/mol. The molecule has 1 aromatic carbocycles. The number of aryl methyl sites for hydroxylation is 2. The van der Waals surface area contributed by atoms with Crippen LogP contribution in [0.3, 0.4) is 0 Å². The third-order valence-electron chi connectivity index (χ3n) is 3.36. The van der Waals surface area contributed by atoms with Gasteiger partial charge in [0, 0.05) is 12.8 Å². The number of ketones is 1. The summed E-state index contributed by atoms with van der Waals surface area (Å²) in [5.74, 6) is 1.59. The summed E-state index contributed by atoms with van der Waals surface area (Å²) in [4.78, 5) is 12.3. The quantitative estimate of drug-likeness (QED) is 0.767. The summed E-state index contributed by atoms with van der Waals surface area (Å²) >= 11 is 0. The van der Waals surface area contributed by atoms with Crippen molar-refractivity contribution in [1.82, 2.24) is 0 Å². The zero-order valence-electron chi connectivity index (χ0n) is 11.5. The molecule has 0 fully saturated rings. The minimum absolute atomic E-state index is 0.0800. The van der Waals surface area contributed by atoms with E-state index < -0.39 is 0 Å². The van der Waals surface area contributed by atoms with Crippen molar-refractivity contribution >= 4 is 5.78 Å². The van der Waals surface area contributed by atoms with Gasteiger partial charge in [-0.2, -0.15) is 0 Å². The van der Waals surface area contributed by atoms with Crippen LogP contribution in [0.2, 0.25) is 0 Å². The predicted octanol–water partition coefficient (Wildman–Crippen LogP) is 3.72. The maximum absolute atomic E-state index is 12.3. The summed E-state index contributed by atoms with van der Waals surface area (Å²) in [7, 11) is 1.60. The predicted molar refractivity (Wildman–Crippen MR) is 73.8 cm³/mol. The van der Waals surface area contributed by atoms with Crippen molar-refractivity contribution in [2.75, 3.05) is 7.11 Å². The second kappa shape index (κ2) is 5.74. The average molecular weight is 258 g/mol. The summed E-state index contributed by atoms with van der Waals surface area (Å²) in [6.45, 7) is 3.98. The minimum Gasteiger partial charge on any atom is -0.496 e. The van der Waals surface area contributed by atoms with Gasteiger partial charge in [0.05, 0.1) is 18.9 Å². The second-order valence-electron chi connectivity index (χ2n) is 4.59. The molecule has 0 aliphatic carbocycles. The van der Waals surface area contributed by atoms with E-state index >= 15 is 0 Å². The molecule has 3 nitrogen and oxygen atoms in total. The number of Topliss-reactive ketones (excluding diaryl/α,β-unsaturated/α-hetero) is 1. The summed E-state index contributed by atoms with van der Waals surface area (Å²) in [6, 6.07) is 7.50. The van der Waals surface area contributed by atoms with Crippen molar-refractivity contribution in [3.8, 4) is 5.75 Å². The van der Waals surface area contributed by atoms with Crippen LogP contribution in [0, 0.1) is 13.8 Å². The molecule has 0 aliphatic heterocycles. The third-order valence-corrected chi connectivity index (χ3v) is 3.36. The summed E-state index contributed by atoms with van der Waals surface area (Å²) in [5, 5.41) is 0. The first kappa shape index (κ1) is 13.4. The number of hydrogen-bond acceptors (Lipinski definition) is 3. The van der Waals surface area contributed by atoms with Crippen molar-refractivity contribution in [1.29, 1.82) is 0 Å². The van der Waals surface area contributed by atoms with Gasteiger partial charge in [-0.1, -0.05) is 6.07 Å². The monoisotopic (exact) mass is 258 g/mol. The Labute approximate surface area is 113 Å². The Morgan fingerprint density at radius 2 is 2.05 bits per heavy atom. The topological polar surface area (TPSA) is 39.4 Å². The maximum Gasteiger partial charge on any atom is 0.167 e. The molecule has 0 aliphatic rings. The first-order chi connectivity index (χ1) is 9.13. The molecule has 1 heterocycles. The highest BCUT2D eigenvalue weighted by Crippen LogP contribution is 2.27. The minimum atomic E-state index is 0.0800. The number of carbonyl (C=O) groups is 1. The molecule has 100 valence electrons. The van der Waals surface area contributed by atoms with Crippen LogP contribution in [-0.2, 0) is 6.42 Å². The first-order valence-corrected chi connectivity index (χ1v) is 6.33. The Morgan fingerprint density at radius 3 is 2.68 bits per heavy atom. The molecule has 3 heteroatoms. The summed E-state index contributed by atoms with van der Waals surface area (Å²) < 4.78 is 10.6. The molecule has 0 atom stereocenters. The lowest BCUT2D eigenvalue weighted by molar-refractivity contribution is 0.0978. The molecule has 0 amide bonds. The molecule has 0 saturated carbocycles. The van der Waals surface area contributed by atoms with Gasteiger partial charge in [0.2, 0.25) is 0 Å². The van der Waals surface area contributed by atoms with Gasteiger partial charge in [0.15, 0.2) is 5.78 Å². The Hall–Kier alpha value is -2.03. The first-order valence-electron chi connectivity index (χ1n) is 6.33. The molecule has 2 aromatic rings. The Kier molecular flexibility index (Phi) is 4.05. The highest BCUT2D eigenvalue weighted by Gasteiger charge is 2.15. The number of ether oxygens (including phenoxy) is 1. The highest BCUT2D eigenvalue weighted by molar-refractivity contribution is 5.99. The highest BCUT2D eigenvalue weighted by atomic mass is 16.5. The third kappa shape index (κ3) is 2.87. The van der Waals surface area contributed by atoms with E-state index in [1.165, 1.54) is 0 Å². The lowest BCUT2D eigenvalue weighted by Gasteiger charge is -2.12. The van der Waals surface area contributed by atoms with Gasteiger partial charge in [0.25, 0.3) is 0 Å². The van der Waals surface area contributed by atoms with E-state index in [1.807, 2.05) is 38.1 Å². The van der Waals surface area contributed by atoms with E-state index in [4.69, 9.17) is 9.15 Å². The van der Waals surface area contributed by atoms with Crippen LogP contribution in [0.1, 0.15) is 33.7 Å². The van der Waals surface area contributed by atoms with Crippen molar-refractivity contribution in [3.63, 3.8) is 0 Å². The Morgan fingerprint density at radius 1 is 1.26 bits per heavy atom. The smallest absolute Gasteiger partial charge is 0.167 e. The van der Waals surface area contributed by atoms with Crippen LogP contribution < -0.4 is 4.74 Å². The van der Waals surface area contributed by atoms with Crippen LogP contribution >= 0.6 is 0 Å². The molecular formula is C16H18O3. The van der Waals surface area contributed by atoms with Gasteiger partial charge in [0.1, 0.15) is 11.5 Å². The van der Waals surface area contributed by atoms with Gasteiger partial charge < -0.3 is 9.15 Å². The molecule has 0 unspecified atom stereocenters. The van der Waals surface area contributed by atoms with Crippen molar-refractivity contribution in [2.24, 2.45) is 0 Å². The van der Waals surface area contributed by atoms with E-state index in [0.29, 0.717) is 24.2 Å². The fraction of sp³-hybridized carbons (Fsp3) is 0.312. The Balaban J connectivity index is 2.17. The van der Waals surface area contributed by atoms with E-state index in [1.54, 1.807) is 13.4 Å². The van der Waals surface area contributed by atoms with Crippen LogP contribution in [0.5, 0.6) is 5.75 Å². The maximum atomic E-state index is 12.3. The van der Waals surface area contributed by atoms with E-state index in [9.17, 15) is 4.79 Å². The molecule has 0 N–H and O–H groups in total. The zero-order valence-corrected chi connectivity index (χ0v) is 11.5. The molecule has 1 aromatic heterocycles. The lowest BCUT2D eigenvalue weighted by atomic mass is 9.99. The lowest BCUT2D eigenvalue weighted by Crippen LogP contribution is -2.05. The van der Waals surface area contributed by atoms with Gasteiger partial charge in [-0.3, -0.25) is 4.79 Å². The SMILES string of the molecule is COc1c(C(=O)CCc2ccco2)ccc(C)c1C. The van der Waals surface area contributed by atoms with Crippen LogP contribution in [-0.4, -0.2) is 12.9 Å². The van der Waals surface area contributed by atoms with E-state index in [2.05, 4.69) is 0 Å².